The van der Waals surface area contributed by atoms with Gasteiger partial charge in [-0.05, 0) is 78.7 Å². The van der Waals surface area contributed by atoms with Gasteiger partial charge in [0, 0.05) is 40.4 Å². The van der Waals surface area contributed by atoms with Crippen LogP contribution in [0.3, 0.4) is 0 Å². The maximum atomic E-state index is 14.0. The summed E-state index contributed by atoms with van der Waals surface area (Å²) in [4.78, 5) is 39.0. The number of aromatic nitrogens is 2. The molecular weight excluding hydrogens is 532 g/mol. The number of likely N-dealkylation sites (tertiary alicyclic amines) is 1. The van der Waals surface area contributed by atoms with Crippen LogP contribution in [0, 0.1) is 0 Å². The molecule has 0 bridgehead atoms. The summed E-state index contributed by atoms with van der Waals surface area (Å²) in [7, 11) is 0. The van der Waals surface area contributed by atoms with E-state index in [1.165, 1.54) is 0 Å². The summed E-state index contributed by atoms with van der Waals surface area (Å²) >= 11 is 9.82. The zero-order valence-electron chi connectivity index (χ0n) is 19.8. The zero-order chi connectivity index (χ0) is 25.0. The monoisotopic (exact) mass is 556 g/mol. The van der Waals surface area contributed by atoms with Gasteiger partial charge in [-0.1, -0.05) is 17.7 Å². The lowest BCUT2D eigenvalue weighted by Crippen LogP contribution is -2.50. The Kier molecular flexibility index (Phi) is 6.00. The minimum atomic E-state index is -0.687. The second-order valence-corrected chi connectivity index (χ2v) is 11.3. The van der Waals surface area contributed by atoms with Crippen LogP contribution in [0.15, 0.2) is 47.3 Å². The predicted octanol–water partition coefficient (Wildman–Crippen LogP) is 5.86. The molecule has 5 rings (SSSR count). The normalized spacial score (nSPS) is 17.2. The van der Waals surface area contributed by atoms with E-state index in [0.717, 1.165) is 32.2 Å². The number of fused-ring (bicyclic) bond motifs is 3. The minimum absolute atomic E-state index is 0.0224. The molecule has 0 saturated carbocycles. The molecule has 0 radical (unpaired) electrons. The van der Waals surface area contributed by atoms with Crippen molar-refractivity contribution in [1.29, 1.82) is 0 Å². The Labute approximate surface area is 217 Å². The topological polar surface area (TPSA) is 75.6 Å². The number of rotatable bonds is 2. The molecule has 1 spiro atoms. The third kappa shape index (κ3) is 4.27. The lowest BCUT2D eigenvalue weighted by Gasteiger charge is -2.38. The Balaban J connectivity index is 1.43. The van der Waals surface area contributed by atoms with E-state index in [0.29, 0.717) is 37.5 Å². The van der Waals surface area contributed by atoms with E-state index >= 15 is 0 Å². The number of halogens is 2. The Bertz CT molecular complexity index is 1330. The molecule has 1 saturated heterocycles. The van der Waals surface area contributed by atoms with E-state index in [1.54, 1.807) is 28.4 Å². The highest BCUT2D eigenvalue weighted by atomic mass is 79.9. The second-order valence-electron chi connectivity index (χ2n) is 10.1. The average Bonchev–Trinajstić information content (AvgIpc) is 3.03. The van der Waals surface area contributed by atoms with Gasteiger partial charge in [-0.25, -0.2) is 4.79 Å². The van der Waals surface area contributed by atoms with Crippen LogP contribution in [0.1, 0.15) is 44.9 Å². The van der Waals surface area contributed by atoms with Crippen molar-refractivity contribution in [3.8, 4) is 0 Å². The van der Waals surface area contributed by atoms with Gasteiger partial charge in [0.15, 0.2) is 0 Å². The van der Waals surface area contributed by atoms with Crippen LogP contribution in [0.5, 0.6) is 0 Å². The van der Waals surface area contributed by atoms with Crippen molar-refractivity contribution in [1.82, 2.24) is 14.9 Å². The van der Waals surface area contributed by atoms with Crippen molar-refractivity contribution < 1.29 is 14.3 Å². The molecule has 0 atom stereocenters. The first-order valence-corrected chi connectivity index (χ1v) is 12.7. The van der Waals surface area contributed by atoms with Gasteiger partial charge in [0.2, 0.25) is 5.91 Å². The van der Waals surface area contributed by atoms with Crippen LogP contribution in [0.25, 0.3) is 10.8 Å². The van der Waals surface area contributed by atoms with Gasteiger partial charge in [-0.3, -0.25) is 14.8 Å². The van der Waals surface area contributed by atoms with E-state index in [-0.39, 0.29) is 12.0 Å². The minimum Gasteiger partial charge on any atom is -0.444 e. The Hall–Kier alpha value is -2.71. The summed E-state index contributed by atoms with van der Waals surface area (Å²) < 4.78 is 6.38. The van der Waals surface area contributed by atoms with Gasteiger partial charge in [0.05, 0.1) is 29.5 Å². The molecule has 7 nitrogen and oxygen atoms in total. The molecule has 35 heavy (non-hydrogen) atoms. The number of amides is 2. The molecule has 2 aromatic heterocycles. The van der Waals surface area contributed by atoms with Crippen LogP contribution < -0.4 is 4.90 Å². The van der Waals surface area contributed by atoms with E-state index in [1.807, 2.05) is 45.0 Å². The molecule has 0 N–H and O–H groups in total. The van der Waals surface area contributed by atoms with Crippen LogP contribution >= 0.6 is 27.5 Å². The summed E-state index contributed by atoms with van der Waals surface area (Å²) in [6.45, 7) is 6.78. The lowest BCUT2D eigenvalue weighted by atomic mass is 9.74. The first-order chi connectivity index (χ1) is 16.6. The van der Waals surface area contributed by atoms with Crippen molar-refractivity contribution in [3.05, 3.63) is 63.6 Å². The number of hydrogen-bond acceptors (Lipinski definition) is 5. The zero-order valence-corrected chi connectivity index (χ0v) is 22.2. The molecule has 1 fully saturated rings. The van der Waals surface area contributed by atoms with Crippen LogP contribution in [-0.2, 0) is 21.5 Å². The van der Waals surface area contributed by atoms with E-state index in [9.17, 15) is 9.59 Å². The number of carbonyl (C=O) groups excluding carboxylic acids is 2. The van der Waals surface area contributed by atoms with E-state index in [4.69, 9.17) is 16.3 Å². The molecule has 4 heterocycles. The van der Waals surface area contributed by atoms with Gasteiger partial charge in [-0.15, -0.1) is 0 Å². The molecule has 0 aliphatic carbocycles. The number of anilines is 1. The van der Waals surface area contributed by atoms with E-state index < -0.39 is 11.0 Å². The highest BCUT2D eigenvalue weighted by Crippen LogP contribution is 2.48. The predicted molar refractivity (Wildman–Crippen MR) is 139 cm³/mol. The average molecular weight is 558 g/mol. The van der Waals surface area contributed by atoms with Gasteiger partial charge < -0.3 is 14.5 Å². The quantitative estimate of drug-likeness (QED) is 0.394. The summed E-state index contributed by atoms with van der Waals surface area (Å²) in [5.41, 5.74) is 1.27. The van der Waals surface area contributed by atoms with Crippen LogP contribution in [0.4, 0.5) is 10.5 Å². The third-order valence-electron chi connectivity index (χ3n) is 6.70. The van der Waals surface area contributed by atoms with Gasteiger partial charge in [0.25, 0.3) is 0 Å². The SMILES string of the molecule is CC(C)(C)OC(=O)N1CCC2(CC1)C(=O)N(Cc1ncc3cc(Cl)ccc3c1Br)c1cnccc12. The molecule has 2 aliphatic rings. The summed E-state index contributed by atoms with van der Waals surface area (Å²) in [5.74, 6) is 0.0224. The number of nitrogens with zero attached hydrogens (tertiary/aromatic N) is 4. The molecule has 2 amide bonds. The number of pyridine rings is 2. The Morgan fingerprint density at radius 1 is 1.20 bits per heavy atom. The van der Waals surface area contributed by atoms with Gasteiger partial charge in [0.1, 0.15) is 5.60 Å². The smallest absolute Gasteiger partial charge is 0.410 e. The maximum Gasteiger partial charge on any atom is 0.410 e. The fraction of sp³-hybridized carbons (Fsp3) is 0.385. The second kappa shape index (κ2) is 8.75. The molecule has 3 aromatic rings. The van der Waals surface area contributed by atoms with Crippen molar-refractivity contribution in [2.75, 3.05) is 18.0 Å². The molecule has 182 valence electrons. The summed E-state index contributed by atoms with van der Waals surface area (Å²) in [5, 5.41) is 2.56. The molecule has 0 unspecified atom stereocenters. The number of ether oxygens (including phenoxy) is 1. The van der Waals surface area contributed by atoms with Crippen molar-refractivity contribution in [3.63, 3.8) is 0 Å². The highest BCUT2D eigenvalue weighted by molar-refractivity contribution is 9.10. The molecule has 9 heteroatoms. The molecular formula is C26H26BrClN4O3. The first kappa shape index (κ1) is 24.0. The van der Waals surface area contributed by atoms with E-state index in [2.05, 4.69) is 25.9 Å². The lowest BCUT2D eigenvalue weighted by molar-refractivity contribution is -0.125. The fourth-order valence-electron chi connectivity index (χ4n) is 4.99. The Morgan fingerprint density at radius 3 is 2.66 bits per heavy atom. The molecule has 2 aliphatic heterocycles. The Morgan fingerprint density at radius 2 is 1.94 bits per heavy atom. The van der Waals surface area contributed by atoms with Crippen molar-refractivity contribution >= 4 is 56.0 Å². The van der Waals surface area contributed by atoms with Gasteiger partial charge in [-0.2, -0.15) is 0 Å². The largest absolute Gasteiger partial charge is 0.444 e. The fourth-order valence-corrected chi connectivity index (χ4v) is 5.76. The van der Waals surface area contributed by atoms with Gasteiger partial charge >= 0.3 is 6.09 Å². The number of carbonyl (C=O) groups is 2. The van der Waals surface area contributed by atoms with Crippen LogP contribution in [0.2, 0.25) is 5.02 Å². The summed E-state index contributed by atoms with van der Waals surface area (Å²) in [6.07, 6.45) is 5.98. The standard InChI is InChI=1S/C26H26BrClN4O3/c1-25(2,3)35-24(34)31-10-7-26(8-11-31)19-6-9-29-14-21(19)32(23(26)33)15-20-22(27)18-5-4-17(28)12-16(18)13-30-20/h4-6,9,12-14H,7-8,10-11,15H2,1-3H3. The highest BCUT2D eigenvalue weighted by Gasteiger charge is 2.53. The number of hydrogen-bond donors (Lipinski definition) is 0. The van der Waals surface area contributed by atoms with Crippen LogP contribution in [-0.4, -0.2) is 45.6 Å². The number of benzene rings is 1. The van der Waals surface area contributed by atoms with Crippen molar-refractivity contribution in [2.45, 2.75) is 51.2 Å². The third-order valence-corrected chi connectivity index (χ3v) is 7.82. The van der Waals surface area contributed by atoms with Crippen molar-refractivity contribution in [2.24, 2.45) is 0 Å². The first-order valence-electron chi connectivity index (χ1n) is 11.6. The maximum absolute atomic E-state index is 14.0. The summed E-state index contributed by atoms with van der Waals surface area (Å²) in [6, 6.07) is 7.58. The molecule has 1 aromatic carbocycles. The number of piperidine rings is 1.